The molecule has 78 valence electrons. The first-order chi connectivity index (χ1) is 6.10. The third-order valence-corrected chi connectivity index (χ3v) is 3.14. The molecule has 1 aliphatic rings. The van der Waals surface area contributed by atoms with Crippen molar-refractivity contribution in [1.29, 1.82) is 0 Å². The van der Waals surface area contributed by atoms with Crippen molar-refractivity contribution in [2.24, 2.45) is 5.73 Å². The summed E-state index contributed by atoms with van der Waals surface area (Å²) in [6.45, 7) is 0. The summed E-state index contributed by atoms with van der Waals surface area (Å²) in [7, 11) is 0. The Morgan fingerprint density at radius 1 is 1.29 bits per heavy atom. The molecule has 1 fully saturated rings. The first kappa shape index (κ1) is 12.0. The fourth-order valence-corrected chi connectivity index (χ4v) is 2.15. The first-order valence-corrected chi connectivity index (χ1v) is 5.15. The molecule has 0 radical (unpaired) electrons. The summed E-state index contributed by atoms with van der Waals surface area (Å²) in [4.78, 5) is 0. The Morgan fingerprint density at radius 3 is 2.36 bits per heavy atom. The lowest BCUT2D eigenvalue weighted by molar-refractivity contribution is 0.252. The zero-order valence-electron chi connectivity index (χ0n) is 7.59. The van der Waals surface area contributed by atoms with Crippen LogP contribution in [0.3, 0.4) is 0 Å². The zero-order valence-corrected chi connectivity index (χ0v) is 10.00. The lowest BCUT2D eigenvalue weighted by Crippen LogP contribution is -2.43. The van der Waals surface area contributed by atoms with Gasteiger partial charge in [-0.05, 0) is 43.0 Å². The van der Waals surface area contributed by atoms with Gasteiger partial charge in [0.05, 0.1) is 0 Å². The van der Waals surface area contributed by atoms with Crippen LogP contribution in [0.2, 0.25) is 0 Å². The summed E-state index contributed by atoms with van der Waals surface area (Å²) in [5.41, 5.74) is 6.71. The molecular weight excluding hydrogens is 268 g/mol. The van der Waals surface area contributed by atoms with Gasteiger partial charge in [0.1, 0.15) is 5.82 Å². The molecule has 1 aromatic rings. The van der Waals surface area contributed by atoms with Gasteiger partial charge in [0.2, 0.25) is 0 Å². The molecule has 0 unspecified atom stereocenters. The summed E-state index contributed by atoms with van der Waals surface area (Å²) < 4.78 is 13.8. The number of nitrogens with two attached hydrogens (primary N) is 1. The molecule has 1 aliphatic carbocycles. The second-order valence-electron chi connectivity index (χ2n) is 3.67. The molecule has 0 amide bonds. The van der Waals surface area contributed by atoms with Gasteiger partial charge in [-0.1, -0.05) is 15.9 Å². The van der Waals surface area contributed by atoms with Crippen LogP contribution < -0.4 is 5.73 Å². The standard InChI is InChI=1S/C10H11BrFN.ClH/c11-8-4-7(5-9(12)6-8)10(13)2-1-3-10;/h4-6H,1-3,13H2;1H. The van der Waals surface area contributed by atoms with Crippen LogP contribution in [0.1, 0.15) is 24.8 Å². The molecule has 14 heavy (non-hydrogen) atoms. The van der Waals surface area contributed by atoms with Crippen LogP contribution in [-0.4, -0.2) is 0 Å². The van der Waals surface area contributed by atoms with E-state index in [2.05, 4.69) is 15.9 Å². The molecule has 0 saturated heterocycles. The van der Waals surface area contributed by atoms with Crippen LogP contribution in [0, 0.1) is 5.82 Å². The molecule has 0 bridgehead atoms. The van der Waals surface area contributed by atoms with Gasteiger partial charge in [0, 0.05) is 10.0 Å². The Balaban J connectivity index is 0.000000980. The van der Waals surface area contributed by atoms with E-state index in [-0.39, 0.29) is 23.8 Å². The highest BCUT2D eigenvalue weighted by Gasteiger charge is 2.34. The summed E-state index contributed by atoms with van der Waals surface area (Å²) in [5, 5.41) is 0. The van der Waals surface area contributed by atoms with Crippen LogP contribution in [0.15, 0.2) is 22.7 Å². The molecule has 1 aromatic carbocycles. The van der Waals surface area contributed by atoms with Crippen LogP contribution >= 0.6 is 28.3 Å². The highest BCUT2D eigenvalue weighted by molar-refractivity contribution is 9.10. The summed E-state index contributed by atoms with van der Waals surface area (Å²) in [6, 6.07) is 4.89. The Labute approximate surface area is 97.4 Å². The smallest absolute Gasteiger partial charge is 0.124 e. The molecule has 0 atom stereocenters. The second kappa shape index (κ2) is 4.17. The van der Waals surface area contributed by atoms with Gasteiger partial charge in [-0.25, -0.2) is 4.39 Å². The van der Waals surface area contributed by atoms with E-state index in [1.165, 1.54) is 12.1 Å². The van der Waals surface area contributed by atoms with Crippen molar-refractivity contribution < 1.29 is 4.39 Å². The average Bonchev–Trinajstić information content (AvgIpc) is 1.98. The molecule has 0 spiro atoms. The van der Waals surface area contributed by atoms with Crippen molar-refractivity contribution in [2.75, 3.05) is 0 Å². The van der Waals surface area contributed by atoms with E-state index < -0.39 is 0 Å². The largest absolute Gasteiger partial charge is 0.321 e. The minimum atomic E-state index is -0.273. The van der Waals surface area contributed by atoms with Crippen LogP contribution in [-0.2, 0) is 5.54 Å². The maximum Gasteiger partial charge on any atom is 0.124 e. The lowest BCUT2D eigenvalue weighted by atomic mass is 9.73. The minimum Gasteiger partial charge on any atom is -0.321 e. The van der Waals surface area contributed by atoms with Crippen molar-refractivity contribution in [3.05, 3.63) is 34.1 Å². The van der Waals surface area contributed by atoms with E-state index in [0.29, 0.717) is 0 Å². The van der Waals surface area contributed by atoms with Gasteiger partial charge in [0.25, 0.3) is 0 Å². The van der Waals surface area contributed by atoms with Gasteiger partial charge in [-0.15, -0.1) is 12.4 Å². The monoisotopic (exact) mass is 279 g/mol. The Bertz CT molecular complexity index is 319. The van der Waals surface area contributed by atoms with Gasteiger partial charge < -0.3 is 5.73 Å². The van der Waals surface area contributed by atoms with E-state index in [4.69, 9.17) is 5.73 Å². The number of rotatable bonds is 1. The molecule has 2 N–H and O–H groups in total. The van der Waals surface area contributed by atoms with Crippen molar-refractivity contribution in [1.82, 2.24) is 0 Å². The van der Waals surface area contributed by atoms with Gasteiger partial charge in [-0.2, -0.15) is 0 Å². The first-order valence-electron chi connectivity index (χ1n) is 4.36. The molecule has 0 heterocycles. The summed E-state index contributed by atoms with van der Waals surface area (Å²) in [6.07, 6.45) is 3.07. The number of hydrogen-bond donors (Lipinski definition) is 1. The molecule has 0 aromatic heterocycles. The Hall–Kier alpha value is -0.120. The number of halogens is 3. The predicted octanol–water partition coefficient (Wildman–Crippen LogP) is 3.35. The van der Waals surface area contributed by atoms with Crippen molar-refractivity contribution >= 4 is 28.3 Å². The maximum atomic E-state index is 13.0. The highest BCUT2D eigenvalue weighted by Crippen LogP contribution is 2.39. The normalized spacial score (nSPS) is 18.2. The van der Waals surface area contributed by atoms with E-state index in [1.807, 2.05) is 6.07 Å². The van der Waals surface area contributed by atoms with Crippen LogP contribution in [0.5, 0.6) is 0 Å². The Kier molecular flexibility index (Phi) is 3.56. The fraction of sp³-hybridized carbons (Fsp3) is 0.400. The molecule has 4 heteroatoms. The number of hydrogen-bond acceptors (Lipinski definition) is 1. The van der Waals surface area contributed by atoms with Crippen molar-refractivity contribution in [2.45, 2.75) is 24.8 Å². The fourth-order valence-electron chi connectivity index (χ4n) is 1.69. The van der Waals surface area contributed by atoms with Gasteiger partial charge in [0.15, 0.2) is 0 Å². The minimum absolute atomic E-state index is 0. The topological polar surface area (TPSA) is 26.0 Å². The Morgan fingerprint density at radius 2 is 1.93 bits per heavy atom. The van der Waals surface area contributed by atoms with Crippen molar-refractivity contribution in [3.63, 3.8) is 0 Å². The highest BCUT2D eigenvalue weighted by atomic mass is 79.9. The molecular formula is C10H12BrClFN. The third kappa shape index (κ3) is 2.10. The average molecular weight is 281 g/mol. The summed E-state index contributed by atoms with van der Waals surface area (Å²) >= 11 is 3.26. The maximum absolute atomic E-state index is 13.0. The molecule has 2 rings (SSSR count). The zero-order chi connectivity index (χ0) is 9.47. The van der Waals surface area contributed by atoms with Crippen LogP contribution in [0.25, 0.3) is 0 Å². The van der Waals surface area contributed by atoms with E-state index in [9.17, 15) is 4.39 Å². The SMILES string of the molecule is Cl.NC1(c2cc(F)cc(Br)c2)CCC1. The van der Waals surface area contributed by atoms with E-state index in [0.717, 1.165) is 29.3 Å². The molecule has 0 aliphatic heterocycles. The van der Waals surface area contributed by atoms with Crippen LogP contribution in [0.4, 0.5) is 4.39 Å². The summed E-state index contributed by atoms with van der Waals surface area (Å²) in [5.74, 6) is -0.221. The van der Waals surface area contributed by atoms with Gasteiger partial charge >= 0.3 is 0 Å². The van der Waals surface area contributed by atoms with E-state index >= 15 is 0 Å². The quantitative estimate of drug-likeness (QED) is 0.839. The molecule has 1 nitrogen and oxygen atoms in total. The second-order valence-corrected chi connectivity index (χ2v) is 4.58. The third-order valence-electron chi connectivity index (χ3n) is 2.68. The van der Waals surface area contributed by atoms with E-state index in [1.54, 1.807) is 0 Å². The van der Waals surface area contributed by atoms with Gasteiger partial charge in [-0.3, -0.25) is 0 Å². The predicted molar refractivity (Wildman–Crippen MR) is 61.1 cm³/mol. The van der Waals surface area contributed by atoms with Crippen molar-refractivity contribution in [3.8, 4) is 0 Å². The molecule has 1 saturated carbocycles. The number of benzene rings is 1. The lowest BCUT2D eigenvalue weighted by Gasteiger charge is -2.38.